The maximum atomic E-state index is 4.42. The minimum Gasteiger partial charge on any atom is -0.217 e. The average molecular weight is 277 g/mol. The highest BCUT2D eigenvalue weighted by molar-refractivity contribution is 5.62. The Morgan fingerprint density at radius 1 is 0.952 bits per heavy atom. The van der Waals surface area contributed by atoms with Gasteiger partial charge in [0.25, 0.3) is 0 Å². The number of rotatable bonds is 4. The van der Waals surface area contributed by atoms with Gasteiger partial charge in [0.2, 0.25) is 0 Å². The maximum Gasteiger partial charge on any atom is 0.116 e. The van der Waals surface area contributed by atoms with Crippen molar-refractivity contribution in [1.82, 2.24) is 15.0 Å². The van der Waals surface area contributed by atoms with Crippen LogP contribution in [0.3, 0.4) is 0 Å². The van der Waals surface area contributed by atoms with E-state index in [2.05, 4.69) is 60.6 Å². The van der Waals surface area contributed by atoms with Gasteiger partial charge in [-0.2, -0.15) is 0 Å². The second-order valence-electron chi connectivity index (χ2n) is 5.25. The van der Waals surface area contributed by atoms with Crippen molar-refractivity contribution >= 4 is 0 Å². The summed E-state index contributed by atoms with van der Waals surface area (Å²) in [5.74, 6) is 0. The molecule has 0 aliphatic heterocycles. The van der Waals surface area contributed by atoms with E-state index in [0.29, 0.717) is 0 Å². The van der Waals surface area contributed by atoms with Crippen LogP contribution in [0.2, 0.25) is 0 Å². The maximum absolute atomic E-state index is 4.42. The van der Waals surface area contributed by atoms with Crippen LogP contribution in [0, 0.1) is 6.92 Å². The van der Waals surface area contributed by atoms with Crippen LogP contribution in [-0.4, -0.2) is 15.0 Å². The number of nitrogens with zero attached hydrogens (tertiary/aromatic N) is 3. The summed E-state index contributed by atoms with van der Waals surface area (Å²) >= 11 is 0. The van der Waals surface area contributed by atoms with E-state index in [1.165, 1.54) is 11.3 Å². The molecule has 0 aliphatic rings. The molecule has 21 heavy (non-hydrogen) atoms. The van der Waals surface area contributed by atoms with Crippen LogP contribution in [0.15, 0.2) is 54.6 Å². The van der Waals surface area contributed by atoms with Crippen LogP contribution in [0.4, 0.5) is 0 Å². The molecule has 0 unspecified atom stereocenters. The van der Waals surface area contributed by atoms with Gasteiger partial charge in [-0.3, -0.25) is 0 Å². The van der Waals surface area contributed by atoms with Gasteiger partial charge in [-0.05, 0) is 25.5 Å². The van der Waals surface area contributed by atoms with Crippen LogP contribution in [-0.2, 0) is 6.42 Å². The van der Waals surface area contributed by atoms with Crippen LogP contribution in [0.5, 0.6) is 0 Å². The van der Waals surface area contributed by atoms with Gasteiger partial charge in [-0.15, -0.1) is 5.10 Å². The molecule has 0 amide bonds. The smallest absolute Gasteiger partial charge is 0.116 e. The van der Waals surface area contributed by atoms with E-state index in [-0.39, 0.29) is 0 Å². The van der Waals surface area contributed by atoms with E-state index in [4.69, 9.17) is 0 Å². The largest absolute Gasteiger partial charge is 0.217 e. The van der Waals surface area contributed by atoms with Gasteiger partial charge >= 0.3 is 0 Å². The highest BCUT2D eigenvalue weighted by Crippen LogP contribution is 2.24. The van der Waals surface area contributed by atoms with Crippen molar-refractivity contribution in [2.75, 3.05) is 0 Å². The zero-order valence-electron chi connectivity index (χ0n) is 12.5. The van der Waals surface area contributed by atoms with E-state index in [1.54, 1.807) is 0 Å². The molecular weight excluding hydrogens is 258 g/mol. The first kappa shape index (κ1) is 13.6. The highest BCUT2D eigenvalue weighted by atomic mass is 15.4. The molecule has 3 nitrogen and oxygen atoms in total. The van der Waals surface area contributed by atoms with Gasteiger partial charge in [0.15, 0.2) is 0 Å². The summed E-state index contributed by atoms with van der Waals surface area (Å²) in [4.78, 5) is 0. The molecule has 0 radical (unpaired) electrons. The van der Waals surface area contributed by atoms with Crippen molar-refractivity contribution in [3.63, 3.8) is 0 Å². The van der Waals surface area contributed by atoms with Crippen molar-refractivity contribution in [2.45, 2.75) is 26.7 Å². The standard InChI is InChI=1S/C18H19N3/c1-3-7-17-18(15-12-10-14(2)11-13-15)19-20-21(17)16-8-5-4-6-9-16/h4-6,8-13H,3,7H2,1-2H3. The molecule has 0 spiro atoms. The van der Waals surface area contributed by atoms with Crippen molar-refractivity contribution in [3.8, 4) is 16.9 Å². The van der Waals surface area contributed by atoms with Gasteiger partial charge in [0.1, 0.15) is 5.69 Å². The summed E-state index contributed by atoms with van der Waals surface area (Å²) < 4.78 is 1.96. The Hall–Kier alpha value is -2.42. The molecule has 0 fully saturated rings. The summed E-state index contributed by atoms with van der Waals surface area (Å²) in [6.07, 6.45) is 2.03. The second-order valence-corrected chi connectivity index (χ2v) is 5.25. The van der Waals surface area contributed by atoms with Crippen LogP contribution in [0.1, 0.15) is 24.6 Å². The number of hydrogen-bond donors (Lipinski definition) is 0. The molecule has 3 rings (SSSR count). The normalized spacial score (nSPS) is 10.8. The summed E-state index contributed by atoms with van der Waals surface area (Å²) in [5.41, 5.74) is 5.61. The predicted molar refractivity (Wildman–Crippen MR) is 85.5 cm³/mol. The zero-order valence-corrected chi connectivity index (χ0v) is 12.5. The third-order valence-electron chi connectivity index (χ3n) is 3.58. The van der Waals surface area contributed by atoms with Gasteiger partial charge in [0.05, 0.1) is 11.4 Å². The number of aryl methyl sites for hydroxylation is 1. The van der Waals surface area contributed by atoms with Crippen molar-refractivity contribution in [3.05, 3.63) is 65.9 Å². The van der Waals surface area contributed by atoms with Crippen molar-refractivity contribution in [1.29, 1.82) is 0 Å². The van der Waals surface area contributed by atoms with Gasteiger partial charge in [0, 0.05) is 5.56 Å². The Labute approximate surface area is 125 Å². The molecular formula is C18H19N3. The van der Waals surface area contributed by atoms with E-state index in [1.807, 2.05) is 22.9 Å². The molecule has 2 aromatic carbocycles. The third-order valence-corrected chi connectivity index (χ3v) is 3.58. The lowest BCUT2D eigenvalue weighted by molar-refractivity contribution is 0.745. The van der Waals surface area contributed by atoms with E-state index in [9.17, 15) is 0 Å². The Morgan fingerprint density at radius 3 is 2.33 bits per heavy atom. The summed E-state index contributed by atoms with van der Waals surface area (Å²) in [6.45, 7) is 4.28. The lowest BCUT2D eigenvalue weighted by Crippen LogP contribution is -2.02. The number of benzene rings is 2. The fourth-order valence-electron chi connectivity index (χ4n) is 2.48. The first-order valence-electron chi connectivity index (χ1n) is 7.36. The molecule has 0 aliphatic carbocycles. The van der Waals surface area contributed by atoms with E-state index in [0.717, 1.165) is 29.8 Å². The van der Waals surface area contributed by atoms with Crippen LogP contribution in [0.25, 0.3) is 16.9 Å². The second kappa shape index (κ2) is 5.92. The van der Waals surface area contributed by atoms with Crippen LogP contribution < -0.4 is 0 Å². The molecule has 0 N–H and O–H groups in total. The average Bonchev–Trinajstić information content (AvgIpc) is 2.93. The fraction of sp³-hybridized carbons (Fsp3) is 0.222. The molecule has 0 bridgehead atoms. The fourth-order valence-corrected chi connectivity index (χ4v) is 2.48. The third kappa shape index (κ3) is 2.72. The first-order chi connectivity index (χ1) is 10.3. The minimum atomic E-state index is 0.963. The molecule has 106 valence electrons. The lowest BCUT2D eigenvalue weighted by atomic mass is 10.1. The SMILES string of the molecule is CCCc1c(-c2ccc(C)cc2)nnn1-c1ccccc1. The molecule has 0 saturated carbocycles. The summed E-state index contributed by atoms with van der Waals surface area (Å²) in [6, 6.07) is 18.7. The Morgan fingerprint density at radius 2 is 1.67 bits per heavy atom. The monoisotopic (exact) mass is 277 g/mol. The summed E-state index contributed by atoms with van der Waals surface area (Å²) in [7, 11) is 0. The predicted octanol–water partition coefficient (Wildman–Crippen LogP) is 4.20. The topological polar surface area (TPSA) is 30.7 Å². The molecule has 1 heterocycles. The molecule has 1 aromatic heterocycles. The van der Waals surface area contributed by atoms with Crippen molar-refractivity contribution < 1.29 is 0 Å². The van der Waals surface area contributed by atoms with Crippen molar-refractivity contribution in [2.24, 2.45) is 0 Å². The Bertz CT molecular complexity index is 712. The molecule has 0 saturated heterocycles. The van der Waals surface area contributed by atoms with E-state index < -0.39 is 0 Å². The molecule has 3 aromatic rings. The molecule has 0 atom stereocenters. The lowest BCUT2D eigenvalue weighted by Gasteiger charge is -2.07. The van der Waals surface area contributed by atoms with E-state index >= 15 is 0 Å². The zero-order chi connectivity index (χ0) is 14.7. The highest BCUT2D eigenvalue weighted by Gasteiger charge is 2.14. The Kier molecular flexibility index (Phi) is 3.82. The number of para-hydroxylation sites is 1. The number of aromatic nitrogens is 3. The van der Waals surface area contributed by atoms with Crippen LogP contribution >= 0.6 is 0 Å². The first-order valence-corrected chi connectivity index (χ1v) is 7.36. The quantitative estimate of drug-likeness (QED) is 0.715. The molecule has 3 heteroatoms. The summed E-state index contributed by atoms with van der Waals surface area (Å²) in [5, 5.41) is 8.79. The minimum absolute atomic E-state index is 0.963. The van der Waals surface area contributed by atoms with Gasteiger partial charge in [-0.25, -0.2) is 4.68 Å². The van der Waals surface area contributed by atoms with Gasteiger partial charge in [-0.1, -0.05) is 66.6 Å². The Balaban J connectivity index is 2.10. The van der Waals surface area contributed by atoms with Gasteiger partial charge < -0.3 is 0 Å². The number of hydrogen-bond acceptors (Lipinski definition) is 2.